The summed E-state index contributed by atoms with van der Waals surface area (Å²) in [7, 11) is 1.64. The van der Waals surface area contributed by atoms with Crippen molar-refractivity contribution in [2.45, 2.75) is 78.1 Å². The fourth-order valence-corrected chi connectivity index (χ4v) is 2.44. The van der Waals surface area contributed by atoms with Gasteiger partial charge in [-0.3, -0.25) is 0 Å². The van der Waals surface area contributed by atoms with Crippen LogP contribution >= 0.6 is 0 Å². The predicted octanol–water partition coefficient (Wildman–Crippen LogP) is 4.83. The quantitative estimate of drug-likeness (QED) is 0.208. The Kier molecular flexibility index (Phi) is 17.5. The van der Waals surface area contributed by atoms with Gasteiger partial charge in [0.25, 0.3) is 0 Å². The molecule has 0 aromatic heterocycles. The van der Waals surface area contributed by atoms with Crippen LogP contribution < -0.4 is 0 Å². The zero-order chi connectivity index (χ0) is 19.5. The van der Waals surface area contributed by atoms with Gasteiger partial charge in [-0.2, -0.15) is 0 Å². The molecule has 26 heavy (non-hydrogen) atoms. The number of unbranched alkanes of at least 4 members (excludes halogenated alkanes) is 8. The molecule has 0 aromatic carbocycles. The van der Waals surface area contributed by atoms with Gasteiger partial charge in [0.2, 0.25) is 0 Å². The van der Waals surface area contributed by atoms with E-state index in [2.05, 4.69) is 6.92 Å². The third-order valence-corrected chi connectivity index (χ3v) is 4.17. The number of rotatable bonds is 17. The molecule has 0 amide bonds. The topological polar surface area (TPSA) is 61.8 Å². The molecular formula is C21H38O5. The first kappa shape index (κ1) is 24.6. The summed E-state index contributed by atoms with van der Waals surface area (Å²) in [5.74, 6) is -0.783. The lowest BCUT2D eigenvalue weighted by Gasteiger charge is -2.09. The Hall–Kier alpha value is -1.36. The standard InChI is InChI=1S/C21H38O5/c1-4-5-6-7-8-9-10-11-12-16-25-20(22)13-14-21(23)26-18-19(2)15-17-24-3/h13-14,19H,4-12,15-18H2,1-3H3/b14-13+. The first-order valence-corrected chi connectivity index (χ1v) is 10.1. The molecule has 0 aliphatic rings. The van der Waals surface area contributed by atoms with E-state index in [4.69, 9.17) is 14.2 Å². The van der Waals surface area contributed by atoms with Crippen LogP contribution in [0.4, 0.5) is 0 Å². The monoisotopic (exact) mass is 370 g/mol. The van der Waals surface area contributed by atoms with Gasteiger partial charge >= 0.3 is 11.9 Å². The maximum absolute atomic E-state index is 11.5. The smallest absolute Gasteiger partial charge is 0.331 e. The van der Waals surface area contributed by atoms with Gasteiger partial charge in [-0.25, -0.2) is 9.59 Å². The van der Waals surface area contributed by atoms with E-state index in [1.165, 1.54) is 44.9 Å². The van der Waals surface area contributed by atoms with E-state index < -0.39 is 11.9 Å². The summed E-state index contributed by atoms with van der Waals surface area (Å²) in [6.45, 7) is 5.57. The second-order valence-electron chi connectivity index (χ2n) is 6.85. The molecule has 0 aromatic rings. The molecule has 1 atom stereocenters. The van der Waals surface area contributed by atoms with Crippen molar-refractivity contribution in [2.24, 2.45) is 5.92 Å². The lowest BCUT2D eigenvalue weighted by atomic mass is 10.1. The molecule has 0 rings (SSSR count). The molecule has 0 radical (unpaired) electrons. The van der Waals surface area contributed by atoms with Gasteiger partial charge in [0.15, 0.2) is 0 Å². The highest BCUT2D eigenvalue weighted by molar-refractivity contribution is 5.91. The Bertz CT molecular complexity index is 379. The third kappa shape index (κ3) is 17.5. The minimum absolute atomic E-state index is 0.228. The molecule has 0 aliphatic heterocycles. The largest absolute Gasteiger partial charge is 0.463 e. The van der Waals surface area contributed by atoms with Crippen molar-refractivity contribution >= 4 is 11.9 Å². The van der Waals surface area contributed by atoms with E-state index in [1.54, 1.807) is 7.11 Å². The Morgan fingerprint density at radius 3 is 1.92 bits per heavy atom. The zero-order valence-electron chi connectivity index (χ0n) is 17.0. The Morgan fingerprint density at radius 1 is 0.808 bits per heavy atom. The van der Waals surface area contributed by atoms with Crippen LogP contribution in [-0.4, -0.2) is 38.9 Å². The van der Waals surface area contributed by atoms with E-state index in [1.807, 2.05) is 6.92 Å². The summed E-state index contributed by atoms with van der Waals surface area (Å²) in [5.41, 5.74) is 0. The minimum atomic E-state index is -0.519. The predicted molar refractivity (Wildman–Crippen MR) is 104 cm³/mol. The van der Waals surface area contributed by atoms with Crippen LogP contribution in [0.15, 0.2) is 12.2 Å². The molecule has 5 nitrogen and oxygen atoms in total. The molecule has 0 spiro atoms. The maximum atomic E-state index is 11.5. The van der Waals surface area contributed by atoms with E-state index in [0.29, 0.717) is 19.8 Å². The van der Waals surface area contributed by atoms with Gasteiger partial charge in [0, 0.05) is 25.9 Å². The van der Waals surface area contributed by atoms with Crippen LogP contribution in [0.5, 0.6) is 0 Å². The second-order valence-corrected chi connectivity index (χ2v) is 6.85. The van der Waals surface area contributed by atoms with Crippen LogP contribution in [0, 0.1) is 5.92 Å². The van der Waals surface area contributed by atoms with Crippen molar-refractivity contribution in [1.82, 2.24) is 0 Å². The summed E-state index contributed by atoms with van der Waals surface area (Å²) < 4.78 is 15.1. The molecule has 0 heterocycles. The highest BCUT2D eigenvalue weighted by Gasteiger charge is 2.06. The van der Waals surface area contributed by atoms with Crippen molar-refractivity contribution in [3.63, 3.8) is 0 Å². The number of ether oxygens (including phenoxy) is 3. The average molecular weight is 371 g/mol. The summed E-state index contributed by atoms with van der Waals surface area (Å²) >= 11 is 0. The van der Waals surface area contributed by atoms with Crippen LogP contribution in [0.25, 0.3) is 0 Å². The van der Waals surface area contributed by atoms with Crippen LogP contribution in [0.1, 0.15) is 78.1 Å². The first-order chi connectivity index (χ1) is 12.6. The fraction of sp³-hybridized carbons (Fsp3) is 0.810. The molecule has 152 valence electrons. The Balaban J connectivity index is 3.54. The van der Waals surface area contributed by atoms with Crippen molar-refractivity contribution in [3.8, 4) is 0 Å². The zero-order valence-corrected chi connectivity index (χ0v) is 17.0. The molecule has 1 unspecified atom stereocenters. The summed E-state index contributed by atoms with van der Waals surface area (Å²) in [6, 6.07) is 0. The molecular weight excluding hydrogens is 332 g/mol. The van der Waals surface area contributed by atoms with Gasteiger partial charge in [0.05, 0.1) is 13.2 Å². The van der Waals surface area contributed by atoms with E-state index in [9.17, 15) is 9.59 Å². The lowest BCUT2D eigenvalue weighted by Crippen LogP contribution is -2.12. The third-order valence-electron chi connectivity index (χ3n) is 4.17. The van der Waals surface area contributed by atoms with Crippen LogP contribution in [-0.2, 0) is 23.8 Å². The first-order valence-electron chi connectivity index (χ1n) is 10.1. The van der Waals surface area contributed by atoms with Crippen LogP contribution in [0.3, 0.4) is 0 Å². The molecule has 0 saturated heterocycles. The summed E-state index contributed by atoms with van der Waals surface area (Å²) in [4.78, 5) is 23.0. The second kappa shape index (κ2) is 18.4. The van der Waals surface area contributed by atoms with Gasteiger partial charge in [0.1, 0.15) is 0 Å². The van der Waals surface area contributed by atoms with Gasteiger partial charge in [-0.15, -0.1) is 0 Å². The number of methoxy groups -OCH3 is 1. The normalized spacial score (nSPS) is 12.3. The molecule has 0 aliphatic carbocycles. The van der Waals surface area contributed by atoms with E-state index >= 15 is 0 Å². The van der Waals surface area contributed by atoms with E-state index in [0.717, 1.165) is 31.4 Å². The van der Waals surface area contributed by atoms with Crippen molar-refractivity contribution in [2.75, 3.05) is 26.9 Å². The molecule has 0 fully saturated rings. The number of esters is 2. The molecule has 0 saturated carbocycles. The molecule has 0 N–H and O–H groups in total. The van der Waals surface area contributed by atoms with Crippen molar-refractivity contribution in [3.05, 3.63) is 12.2 Å². The number of hydrogen-bond donors (Lipinski definition) is 0. The highest BCUT2D eigenvalue weighted by atomic mass is 16.5. The van der Waals surface area contributed by atoms with Crippen LogP contribution in [0.2, 0.25) is 0 Å². The lowest BCUT2D eigenvalue weighted by molar-refractivity contribution is -0.141. The maximum Gasteiger partial charge on any atom is 0.331 e. The summed E-state index contributed by atoms with van der Waals surface area (Å²) in [5, 5.41) is 0. The van der Waals surface area contributed by atoms with Crippen molar-refractivity contribution in [1.29, 1.82) is 0 Å². The minimum Gasteiger partial charge on any atom is -0.463 e. The van der Waals surface area contributed by atoms with Gasteiger partial charge in [-0.05, 0) is 18.8 Å². The number of carbonyl (C=O) groups is 2. The van der Waals surface area contributed by atoms with Crippen molar-refractivity contribution < 1.29 is 23.8 Å². The highest BCUT2D eigenvalue weighted by Crippen LogP contribution is 2.09. The average Bonchev–Trinajstić information content (AvgIpc) is 2.64. The van der Waals surface area contributed by atoms with E-state index in [-0.39, 0.29) is 5.92 Å². The SMILES string of the molecule is CCCCCCCCCCCOC(=O)/C=C/C(=O)OCC(C)CCOC. The summed E-state index contributed by atoms with van der Waals surface area (Å²) in [6.07, 6.45) is 14.1. The number of carbonyl (C=O) groups excluding carboxylic acids is 2. The fourth-order valence-electron chi connectivity index (χ4n) is 2.44. The number of hydrogen-bond acceptors (Lipinski definition) is 5. The molecule has 0 bridgehead atoms. The Labute approximate surface area is 159 Å². The van der Waals surface area contributed by atoms with Gasteiger partial charge < -0.3 is 14.2 Å². The molecule has 5 heteroatoms. The van der Waals surface area contributed by atoms with Gasteiger partial charge in [-0.1, -0.05) is 65.2 Å². The Morgan fingerprint density at radius 2 is 1.35 bits per heavy atom.